The summed E-state index contributed by atoms with van der Waals surface area (Å²) >= 11 is 0. The van der Waals surface area contributed by atoms with Crippen molar-refractivity contribution in [1.82, 2.24) is 0 Å². The van der Waals surface area contributed by atoms with E-state index in [2.05, 4.69) is 11.0 Å². The largest absolute Gasteiger partial charge is 0.454 e. The number of nitrogens with zero attached hydrogens (tertiary/aromatic N) is 2. The van der Waals surface area contributed by atoms with Crippen LogP contribution in [0.5, 0.6) is 11.5 Å². The standard InChI is InChI=1S/C12H14N2O2/c1-9-6-11-12(16-8-15-11)7-10(9)14(2)5-3-4-13/h6-7H,3,5,8H2,1-2H3. The van der Waals surface area contributed by atoms with Crippen LogP contribution in [0.4, 0.5) is 5.69 Å². The van der Waals surface area contributed by atoms with Gasteiger partial charge in [0.1, 0.15) is 0 Å². The predicted molar refractivity (Wildman–Crippen MR) is 60.8 cm³/mol. The van der Waals surface area contributed by atoms with Crippen molar-refractivity contribution in [2.24, 2.45) is 0 Å². The van der Waals surface area contributed by atoms with Gasteiger partial charge in [-0.05, 0) is 18.6 Å². The number of benzene rings is 1. The van der Waals surface area contributed by atoms with Gasteiger partial charge in [0.05, 0.1) is 12.5 Å². The molecule has 1 aliphatic rings. The van der Waals surface area contributed by atoms with Crippen molar-refractivity contribution in [2.75, 3.05) is 25.3 Å². The molecule has 0 radical (unpaired) electrons. The minimum absolute atomic E-state index is 0.292. The van der Waals surface area contributed by atoms with E-state index in [9.17, 15) is 0 Å². The summed E-state index contributed by atoms with van der Waals surface area (Å²) in [6.07, 6.45) is 0.518. The van der Waals surface area contributed by atoms with Gasteiger partial charge in [-0.1, -0.05) is 0 Å². The lowest BCUT2D eigenvalue weighted by atomic mass is 10.1. The van der Waals surface area contributed by atoms with E-state index in [0.717, 1.165) is 29.3 Å². The number of hydrogen-bond acceptors (Lipinski definition) is 4. The highest BCUT2D eigenvalue weighted by molar-refractivity contribution is 5.61. The van der Waals surface area contributed by atoms with Crippen LogP contribution in [0.15, 0.2) is 12.1 Å². The Hall–Kier alpha value is -1.89. The summed E-state index contributed by atoms with van der Waals surface area (Å²) in [6, 6.07) is 6.08. The number of aryl methyl sites for hydroxylation is 1. The number of nitriles is 1. The lowest BCUT2D eigenvalue weighted by molar-refractivity contribution is 0.174. The molecule has 1 heterocycles. The zero-order valence-electron chi connectivity index (χ0n) is 9.49. The smallest absolute Gasteiger partial charge is 0.231 e. The zero-order valence-corrected chi connectivity index (χ0v) is 9.49. The molecule has 0 N–H and O–H groups in total. The second-order valence-corrected chi connectivity index (χ2v) is 3.82. The van der Waals surface area contributed by atoms with Gasteiger partial charge in [0, 0.05) is 25.3 Å². The van der Waals surface area contributed by atoms with E-state index in [4.69, 9.17) is 14.7 Å². The Morgan fingerprint density at radius 2 is 2.06 bits per heavy atom. The van der Waals surface area contributed by atoms with Crippen LogP contribution in [-0.2, 0) is 0 Å². The van der Waals surface area contributed by atoms with Gasteiger partial charge in [0.2, 0.25) is 6.79 Å². The van der Waals surface area contributed by atoms with Crippen molar-refractivity contribution < 1.29 is 9.47 Å². The van der Waals surface area contributed by atoms with Crippen LogP contribution in [-0.4, -0.2) is 20.4 Å². The molecule has 0 unspecified atom stereocenters. The lowest BCUT2D eigenvalue weighted by Gasteiger charge is -2.20. The Labute approximate surface area is 95.0 Å². The molecule has 1 aliphatic heterocycles. The molecule has 16 heavy (non-hydrogen) atoms. The number of fused-ring (bicyclic) bond motifs is 1. The molecule has 0 aromatic heterocycles. The van der Waals surface area contributed by atoms with Crippen LogP contribution >= 0.6 is 0 Å². The van der Waals surface area contributed by atoms with Crippen LogP contribution in [0.1, 0.15) is 12.0 Å². The van der Waals surface area contributed by atoms with Crippen LogP contribution in [0.3, 0.4) is 0 Å². The first kappa shape index (κ1) is 10.6. The van der Waals surface area contributed by atoms with Gasteiger partial charge in [0.15, 0.2) is 11.5 Å². The Bertz CT molecular complexity index is 437. The molecule has 0 saturated heterocycles. The number of ether oxygens (including phenoxy) is 2. The van der Waals surface area contributed by atoms with Crippen molar-refractivity contribution in [3.8, 4) is 17.6 Å². The van der Waals surface area contributed by atoms with Crippen LogP contribution in [0.25, 0.3) is 0 Å². The predicted octanol–water partition coefficient (Wildman–Crippen LogP) is 2.07. The quantitative estimate of drug-likeness (QED) is 0.779. The third-order valence-corrected chi connectivity index (χ3v) is 2.66. The Kier molecular flexibility index (Phi) is 2.86. The first-order valence-corrected chi connectivity index (χ1v) is 5.20. The van der Waals surface area contributed by atoms with Crippen molar-refractivity contribution >= 4 is 5.69 Å². The fourth-order valence-corrected chi connectivity index (χ4v) is 1.78. The van der Waals surface area contributed by atoms with Crippen LogP contribution in [0.2, 0.25) is 0 Å². The SMILES string of the molecule is Cc1cc2c(cc1N(C)CCC#N)OCO2. The first-order chi connectivity index (χ1) is 7.72. The van der Waals surface area contributed by atoms with Crippen molar-refractivity contribution in [3.63, 3.8) is 0 Å². The molecule has 84 valence electrons. The Morgan fingerprint density at radius 3 is 2.75 bits per heavy atom. The molecular formula is C12H14N2O2. The van der Waals surface area contributed by atoms with Gasteiger partial charge in [-0.2, -0.15) is 5.26 Å². The minimum atomic E-state index is 0.292. The first-order valence-electron chi connectivity index (χ1n) is 5.20. The maximum absolute atomic E-state index is 8.56. The summed E-state index contributed by atoms with van der Waals surface area (Å²) in [6.45, 7) is 3.04. The van der Waals surface area contributed by atoms with Gasteiger partial charge < -0.3 is 14.4 Å². The van der Waals surface area contributed by atoms with E-state index >= 15 is 0 Å². The fourth-order valence-electron chi connectivity index (χ4n) is 1.78. The van der Waals surface area contributed by atoms with Gasteiger partial charge >= 0.3 is 0 Å². The molecule has 0 saturated carbocycles. The molecule has 0 spiro atoms. The van der Waals surface area contributed by atoms with E-state index in [1.165, 1.54) is 0 Å². The van der Waals surface area contributed by atoms with Gasteiger partial charge in [-0.3, -0.25) is 0 Å². The average Bonchev–Trinajstić information content (AvgIpc) is 2.71. The van der Waals surface area contributed by atoms with Crippen molar-refractivity contribution in [2.45, 2.75) is 13.3 Å². The maximum atomic E-state index is 8.56. The Balaban J connectivity index is 2.24. The van der Waals surface area contributed by atoms with E-state index in [-0.39, 0.29) is 0 Å². The molecule has 4 nitrogen and oxygen atoms in total. The van der Waals surface area contributed by atoms with Gasteiger partial charge in [-0.15, -0.1) is 0 Å². The molecule has 4 heteroatoms. The third-order valence-electron chi connectivity index (χ3n) is 2.66. The summed E-state index contributed by atoms with van der Waals surface area (Å²) in [7, 11) is 1.97. The highest BCUT2D eigenvalue weighted by Gasteiger charge is 2.17. The molecule has 0 amide bonds. The summed E-state index contributed by atoms with van der Waals surface area (Å²) in [5.41, 5.74) is 2.21. The second kappa shape index (κ2) is 4.31. The molecular weight excluding hydrogens is 204 g/mol. The molecule has 1 aromatic carbocycles. The van der Waals surface area contributed by atoms with E-state index in [0.29, 0.717) is 13.2 Å². The van der Waals surface area contributed by atoms with E-state index in [1.807, 2.05) is 26.1 Å². The van der Waals surface area contributed by atoms with Crippen LogP contribution < -0.4 is 14.4 Å². The molecule has 0 fully saturated rings. The van der Waals surface area contributed by atoms with Crippen molar-refractivity contribution in [3.05, 3.63) is 17.7 Å². The summed E-state index contributed by atoms with van der Waals surface area (Å²) < 4.78 is 10.6. The summed E-state index contributed by atoms with van der Waals surface area (Å²) in [5, 5.41) is 8.56. The number of anilines is 1. The van der Waals surface area contributed by atoms with Crippen molar-refractivity contribution in [1.29, 1.82) is 5.26 Å². The van der Waals surface area contributed by atoms with Gasteiger partial charge in [0.25, 0.3) is 0 Å². The Morgan fingerprint density at radius 1 is 1.38 bits per heavy atom. The molecule has 0 atom stereocenters. The zero-order chi connectivity index (χ0) is 11.5. The highest BCUT2D eigenvalue weighted by atomic mass is 16.7. The monoisotopic (exact) mass is 218 g/mol. The van der Waals surface area contributed by atoms with E-state index < -0.39 is 0 Å². The molecule has 0 bridgehead atoms. The number of hydrogen-bond donors (Lipinski definition) is 0. The topological polar surface area (TPSA) is 45.5 Å². The second-order valence-electron chi connectivity index (χ2n) is 3.82. The highest BCUT2D eigenvalue weighted by Crippen LogP contribution is 2.37. The van der Waals surface area contributed by atoms with E-state index in [1.54, 1.807) is 0 Å². The normalized spacial score (nSPS) is 12.3. The summed E-state index contributed by atoms with van der Waals surface area (Å²) in [5.74, 6) is 1.58. The average molecular weight is 218 g/mol. The fraction of sp³-hybridized carbons (Fsp3) is 0.417. The van der Waals surface area contributed by atoms with Crippen LogP contribution in [0, 0.1) is 18.3 Å². The van der Waals surface area contributed by atoms with Gasteiger partial charge in [-0.25, -0.2) is 0 Å². The third kappa shape index (κ3) is 1.89. The molecule has 2 rings (SSSR count). The minimum Gasteiger partial charge on any atom is -0.454 e. The number of rotatable bonds is 3. The molecule has 0 aliphatic carbocycles. The maximum Gasteiger partial charge on any atom is 0.231 e. The molecule has 1 aromatic rings. The summed E-state index contributed by atoms with van der Waals surface area (Å²) in [4.78, 5) is 2.06. The lowest BCUT2D eigenvalue weighted by Crippen LogP contribution is -2.18.